The fourth-order valence-electron chi connectivity index (χ4n) is 3.32. The summed E-state index contributed by atoms with van der Waals surface area (Å²) in [5.41, 5.74) is 0.967. The molecule has 1 saturated heterocycles. The van der Waals surface area contributed by atoms with Crippen LogP contribution in [-0.4, -0.2) is 68.8 Å². The summed E-state index contributed by atoms with van der Waals surface area (Å²) in [6.07, 6.45) is -7.51. The number of hydrogen-bond donors (Lipinski definition) is 5. The van der Waals surface area contributed by atoms with E-state index in [2.05, 4.69) is 6.58 Å². The highest BCUT2D eigenvalue weighted by Crippen LogP contribution is 2.43. The van der Waals surface area contributed by atoms with Crippen LogP contribution in [0.2, 0.25) is 0 Å². The van der Waals surface area contributed by atoms with Crippen molar-refractivity contribution in [3.63, 3.8) is 0 Å². The lowest BCUT2D eigenvalue weighted by atomic mass is 9.87. The second-order valence-electron chi connectivity index (χ2n) is 6.70. The van der Waals surface area contributed by atoms with E-state index in [0.717, 1.165) is 0 Å². The van der Waals surface area contributed by atoms with Crippen molar-refractivity contribution in [1.82, 2.24) is 0 Å². The summed E-state index contributed by atoms with van der Waals surface area (Å²) in [5.74, 6) is -1.19. The fraction of sp³-hybridized carbons (Fsp3) is 0.500. The van der Waals surface area contributed by atoms with Crippen LogP contribution in [-0.2, 0) is 9.47 Å². The highest BCUT2D eigenvalue weighted by Gasteiger charge is 2.45. The van der Waals surface area contributed by atoms with Gasteiger partial charge >= 0.3 is 5.97 Å². The maximum Gasteiger partial charge on any atom is 0.347 e. The van der Waals surface area contributed by atoms with Crippen molar-refractivity contribution in [3.8, 4) is 11.5 Å². The summed E-state index contributed by atoms with van der Waals surface area (Å²) in [4.78, 5) is 12.4. The van der Waals surface area contributed by atoms with Crippen LogP contribution in [0.4, 0.5) is 0 Å². The number of allylic oxidation sites excluding steroid dienone is 1. The van der Waals surface area contributed by atoms with Crippen molar-refractivity contribution in [3.05, 3.63) is 35.1 Å². The third-order valence-electron chi connectivity index (χ3n) is 5.01. The lowest BCUT2D eigenvalue weighted by Crippen LogP contribution is -2.60. The molecule has 5 N–H and O–H groups in total. The summed E-state index contributed by atoms with van der Waals surface area (Å²) in [6, 6.07) is 1.18. The van der Waals surface area contributed by atoms with Crippen LogP contribution in [0.25, 0.3) is 0 Å². The molecule has 3 rings (SSSR count). The Morgan fingerprint density at radius 3 is 2.52 bits per heavy atom. The molecule has 9 nitrogen and oxygen atoms in total. The first-order chi connectivity index (χ1) is 12.7. The molecule has 1 aromatic carbocycles. The molecule has 0 amide bonds. The van der Waals surface area contributed by atoms with Gasteiger partial charge in [0, 0.05) is 12.0 Å². The van der Waals surface area contributed by atoms with Gasteiger partial charge in [-0.2, -0.15) is 0 Å². The zero-order valence-corrected chi connectivity index (χ0v) is 14.8. The molecule has 1 aromatic rings. The number of ether oxygens (including phenoxy) is 3. The molecule has 0 saturated carbocycles. The number of fused-ring (bicyclic) bond motifs is 1. The summed E-state index contributed by atoms with van der Waals surface area (Å²) < 4.78 is 16.0. The topological polar surface area (TPSA) is 146 Å². The van der Waals surface area contributed by atoms with E-state index >= 15 is 0 Å². The number of phenols is 1. The average molecular weight is 382 g/mol. The van der Waals surface area contributed by atoms with Gasteiger partial charge in [-0.25, -0.2) is 4.79 Å². The normalized spacial score (nSPS) is 33.4. The molecule has 0 spiro atoms. The van der Waals surface area contributed by atoms with Gasteiger partial charge in [-0.3, -0.25) is 0 Å². The molecule has 1 fully saturated rings. The standard InChI is InChI=1S/C18H22O9/c1-6-8(3)25-17(24)13-10(4-9(20)7(2)12(6)13)26-18-16(23)15(22)14(21)11(5-19)27-18/h4,6,11,14-16,18-23H,3,5H2,1-2H3/t6?,11-,14-,15+,16-,18+/m0/s1. The molecule has 2 aliphatic rings. The van der Waals surface area contributed by atoms with Crippen LogP contribution in [0.1, 0.15) is 34.3 Å². The second kappa shape index (κ2) is 7.10. The molecule has 148 valence electrons. The van der Waals surface area contributed by atoms with Gasteiger partial charge in [-0.05, 0) is 18.1 Å². The quantitative estimate of drug-likeness (QED) is 0.443. The van der Waals surface area contributed by atoms with Crippen molar-refractivity contribution in [2.75, 3.05) is 6.61 Å². The van der Waals surface area contributed by atoms with E-state index in [0.29, 0.717) is 11.1 Å². The van der Waals surface area contributed by atoms with Crippen LogP contribution < -0.4 is 4.74 Å². The molecule has 2 aliphatic heterocycles. The van der Waals surface area contributed by atoms with Gasteiger partial charge in [0.05, 0.1) is 6.61 Å². The molecular formula is C18H22O9. The molecule has 0 radical (unpaired) electrons. The van der Waals surface area contributed by atoms with E-state index in [9.17, 15) is 30.3 Å². The minimum Gasteiger partial charge on any atom is -0.508 e. The predicted octanol–water partition coefficient (Wildman–Crippen LogP) is -0.333. The minimum atomic E-state index is -1.66. The molecule has 0 bridgehead atoms. The number of cyclic esters (lactones) is 1. The number of esters is 1. The van der Waals surface area contributed by atoms with Gasteiger partial charge in [0.25, 0.3) is 0 Å². The molecule has 0 aromatic heterocycles. The monoisotopic (exact) mass is 382 g/mol. The first kappa shape index (κ1) is 19.6. The highest BCUT2D eigenvalue weighted by molar-refractivity contribution is 5.97. The fourth-order valence-corrected chi connectivity index (χ4v) is 3.32. The molecule has 1 unspecified atom stereocenters. The summed E-state index contributed by atoms with van der Waals surface area (Å²) in [5, 5.41) is 49.4. The van der Waals surface area contributed by atoms with Crippen molar-refractivity contribution in [1.29, 1.82) is 0 Å². The predicted molar refractivity (Wildman–Crippen MR) is 90.2 cm³/mol. The van der Waals surface area contributed by atoms with Crippen molar-refractivity contribution >= 4 is 5.97 Å². The molecular weight excluding hydrogens is 360 g/mol. The Bertz CT molecular complexity index is 773. The van der Waals surface area contributed by atoms with Crippen LogP contribution in [0.5, 0.6) is 11.5 Å². The zero-order chi connectivity index (χ0) is 20.0. The first-order valence-electron chi connectivity index (χ1n) is 8.42. The van der Waals surface area contributed by atoms with E-state index in [1.54, 1.807) is 13.8 Å². The molecule has 9 heteroatoms. The third kappa shape index (κ3) is 3.17. The molecule has 6 atom stereocenters. The number of rotatable bonds is 3. The number of benzene rings is 1. The maximum atomic E-state index is 12.4. The third-order valence-corrected chi connectivity index (χ3v) is 5.01. The van der Waals surface area contributed by atoms with Crippen LogP contribution in [0.15, 0.2) is 18.4 Å². The van der Waals surface area contributed by atoms with Crippen molar-refractivity contribution in [2.45, 2.75) is 50.5 Å². The largest absolute Gasteiger partial charge is 0.508 e. The highest BCUT2D eigenvalue weighted by atomic mass is 16.7. The van der Waals surface area contributed by atoms with E-state index < -0.39 is 49.2 Å². The Morgan fingerprint density at radius 2 is 1.89 bits per heavy atom. The Morgan fingerprint density at radius 1 is 1.22 bits per heavy atom. The Balaban J connectivity index is 2.02. The number of hydrogen-bond acceptors (Lipinski definition) is 9. The maximum absolute atomic E-state index is 12.4. The molecule has 0 aliphatic carbocycles. The summed E-state index contributed by atoms with van der Waals surface area (Å²) in [7, 11) is 0. The number of carbonyl (C=O) groups excluding carboxylic acids is 1. The minimum absolute atomic E-state index is 0.0437. The van der Waals surface area contributed by atoms with E-state index in [1.807, 2.05) is 0 Å². The van der Waals surface area contributed by atoms with Gasteiger partial charge in [-0.15, -0.1) is 0 Å². The van der Waals surface area contributed by atoms with Gasteiger partial charge < -0.3 is 39.7 Å². The number of aliphatic hydroxyl groups excluding tert-OH is 4. The van der Waals surface area contributed by atoms with E-state index in [4.69, 9.17) is 14.2 Å². The average Bonchev–Trinajstić information content (AvgIpc) is 2.62. The van der Waals surface area contributed by atoms with Crippen molar-refractivity contribution < 1.29 is 44.5 Å². The number of aliphatic hydroxyl groups is 4. The lowest BCUT2D eigenvalue weighted by molar-refractivity contribution is -0.277. The Hall–Kier alpha value is -2.17. The van der Waals surface area contributed by atoms with Crippen LogP contribution in [0.3, 0.4) is 0 Å². The SMILES string of the molecule is C=C1OC(=O)c2c(O[C@@H]3O[C@@H](CO)[C@H](O)[C@@H](O)[C@@H]3O)cc(O)c(C)c2C1C. The number of carbonyl (C=O) groups is 1. The van der Waals surface area contributed by atoms with Crippen molar-refractivity contribution in [2.24, 2.45) is 0 Å². The summed E-state index contributed by atoms with van der Waals surface area (Å²) in [6.45, 7) is 6.45. The van der Waals surface area contributed by atoms with E-state index in [-0.39, 0.29) is 22.8 Å². The zero-order valence-electron chi connectivity index (χ0n) is 14.8. The van der Waals surface area contributed by atoms with Gasteiger partial charge in [0.2, 0.25) is 6.29 Å². The van der Waals surface area contributed by atoms with Gasteiger partial charge in [0.1, 0.15) is 47.2 Å². The van der Waals surface area contributed by atoms with Gasteiger partial charge in [0.15, 0.2) is 0 Å². The molecule has 27 heavy (non-hydrogen) atoms. The Kier molecular flexibility index (Phi) is 5.15. The van der Waals surface area contributed by atoms with Crippen LogP contribution in [0, 0.1) is 6.92 Å². The summed E-state index contributed by atoms with van der Waals surface area (Å²) >= 11 is 0. The molecule has 2 heterocycles. The van der Waals surface area contributed by atoms with Crippen LogP contribution >= 0.6 is 0 Å². The second-order valence-corrected chi connectivity index (χ2v) is 6.70. The smallest absolute Gasteiger partial charge is 0.347 e. The number of phenolic OH excluding ortho intramolecular Hbond substituents is 1. The van der Waals surface area contributed by atoms with E-state index in [1.165, 1.54) is 6.07 Å². The number of aromatic hydroxyl groups is 1. The Labute approximate surface area is 155 Å². The first-order valence-corrected chi connectivity index (χ1v) is 8.42. The van der Waals surface area contributed by atoms with Gasteiger partial charge in [-0.1, -0.05) is 13.5 Å². The lowest BCUT2D eigenvalue weighted by Gasteiger charge is -2.40.